The van der Waals surface area contributed by atoms with Crippen LogP contribution in [-0.2, 0) is 0 Å². The summed E-state index contributed by atoms with van der Waals surface area (Å²) in [5.74, 6) is 1.86. The van der Waals surface area contributed by atoms with E-state index in [1.807, 2.05) is 0 Å². The number of benzene rings is 1. The molecule has 0 spiro atoms. The van der Waals surface area contributed by atoms with Crippen LogP contribution in [0.25, 0.3) is 0 Å². The zero-order valence-electron chi connectivity index (χ0n) is 12.7. The predicted octanol–water partition coefficient (Wildman–Crippen LogP) is 4.61. The van der Waals surface area contributed by atoms with E-state index in [0.717, 1.165) is 31.4 Å². The Kier molecular flexibility index (Phi) is 6.37. The lowest BCUT2D eigenvalue weighted by atomic mass is 9.89. The number of rotatable bonds is 6. The van der Waals surface area contributed by atoms with Gasteiger partial charge >= 0.3 is 0 Å². The van der Waals surface area contributed by atoms with Crippen molar-refractivity contribution in [1.29, 1.82) is 0 Å². The molecule has 112 valence electrons. The van der Waals surface area contributed by atoms with Gasteiger partial charge in [-0.3, -0.25) is 0 Å². The first kappa shape index (κ1) is 15.8. The van der Waals surface area contributed by atoms with E-state index in [0.29, 0.717) is 0 Å². The quantitative estimate of drug-likeness (QED) is 0.764. The molecule has 3 heteroatoms. The van der Waals surface area contributed by atoms with Gasteiger partial charge in [-0.05, 0) is 62.4 Å². The second-order valence-corrected chi connectivity index (χ2v) is 6.72. The zero-order chi connectivity index (χ0) is 14.4. The summed E-state index contributed by atoms with van der Waals surface area (Å²) < 4.78 is 7.01. The summed E-state index contributed by atoms with van der Waals surface area (Å²) in [6.45, 7) is 7.04. The molecule has 1 N–H and O–H groups in total. The third-order valence-electron chi connectivity index (χ3n) is 4.12. The highest BCUT2D eigenvalue weighted by molar-refractivity contribution is 9.10. The molecule has 1 fully saturated rings. The van der Waals surface area contributed by atoms with Crippen LogP contribution in [0, 0.1) is 19.8 Å². The minimum atomic E-state index is 0.743. The fourth-order valence-electron chi connectivity index (χ4n) is 2.93. The predicted molar refractivity (Wildman–Crippen MR) is 88.6 cm³/mol. The Morgan fingerprint density at radius 3 is 2.45 bits per heavy atom. The Morgan fingerprint density at radius 1 is 1.15 bits per heavy atom. The molecular formula is C17H26BrNO. The number of halogens is 1. The van der Waals surface area contributed by atoms with Gasteiger partial charge in [0.1, 0.15) is 12.4 Å². The Morgan fingerprint density at radius 2 is 1.80 bits per heavy atom. The highest BCUT2D eigenvalue weighted by Gasteiger charge is 2.12. The number of hydrogen-bond donors (Lipinski definition) is 1. The maximum Gasteiger partial charge on any atom is 0.119 e. The van der Waals surface area contributed by atoms with Gasteiger partial charge in [0.25, 0.3) is 0 Å². The molecule has 1 aromatic rings. The van der Waals surface area contributed by atoms with Crippen molar-refractivity contribution in [3.05, 3.63) is 27.7 Å². The average molecular weight is 340 g/mol. The molecule has 1 aliphatic rings. The fraction of sp³-hybridized carbons (Fsp3) is 0.647. The minimum absolute atomic E-state index is 0.743. The van der Waals surface area contributed by atoms with Gasteiger partial charge < -0.3 is 10.1 Å². The average Bonchev–Trinajstić information content (AvgIpc) is 2.45. The summed E-state index contributed by atoms with van der Waals surface area (Å²) in [4.78, 5) is 0. The van der Waals surface area contributed by atoms with Crippen molar-refractivity contribution in [2.75, 3.05) is 19.7 Å². The van der Waals surface area contributed by atoms with Crippen LogP contribution in [0.3, 0.4) is 0 Å². The van der Waals surface area contributed by atoms with Crippen molar-refractivity contribution in [3.63, 3.8) is 0 Å². The van der Waals surface area contributed by atoms with E-state index in [1.54, 1.807) is 0 Å². The van der Waals surface area contributed by atoms with E-state index in [2.05, 4.69) is 47.2 Å². The van der Waals surface area contributed by atoms with Crippen molar-refractivity contribution in [2.24, 2.45) is 5.92 Å². The molecular weight excluding hydrogens is 314 g/mol. The SMILES string of the molecule is Cc1cc(OCCNCC2CCCCC2)cc(C)c1Br. The van der Waals surface area contributed by atoms with Crippen molar-refractivity contribution < 1.29 is 4.74 Å². The van der Waals surface area contributed by atoms with Crippen molar-refractivity contribution in [2.45, 2.75) is 46.0 Å². The Bertz CT molecular complexity index is 404. The first-order valence-electron chi connectivity index (χ1n) is 7.77. The summed E-state index contributed by atoms with van der Waals surface area (Å²) >= 11 is 3.58. The zero-order valence-corrected chi connectivity index (χ0v) is 14.3. The topological polar surface area (TPSA) is 21.3 Å². The standard InChI is InChI=1S/C17H26BrNO/c1-13-10-16(11-14(2)17(13)18)20-9-8-19-12-15-6-4-3-5-7-15/h10-11,15,19H,3-9,12H2,1-2H3. The van der Waals surface area contributed by atoms with E-state index in [-0.39, 0.29) is 0 Å². The fourth-order valence-corrected chi connectivity index (χ4v) is 3.16. The molecule has 0 aromatic heterocycles. The van der Waals surface area contributed by atoms with E-state index in [1.165, 1.54) is 47.7 Å². The van der Waals surface area contributed by atoms with E-state index in [4.69, 9.17) is 4.74 Å². The van der Waals surface area contributed by atoms with Crippen molar-refractivity contribution in [1.82, 2.24) is 5.32 Å². The molecule has 0 unspecified atom stereocenters. The van der Waals surface area contributed by atoms with Crippen LogP contribution >= 0.6 is 15.9 Å². The monoisotopic (exact) mass is 339 g/mol. The molecule has 2 rings (SSSR count). The maximum absolute atomic E-state index is 5.83. The molecule has 0 bridgehead atoms. The largest absolute Gasteiger partial charge is 0.492 e. The van der Waals surface area contributed by atoms with Crippen LogP contribution in [0.2, 0.25) is 0 Å². The molecule has 1 aromatic carbocycles. The van der Waals surface area contributed by atoms with Crippen LogP contribution in [-0.4, -0.2) is 19.7 Å². The van der Waals surface area contributed by atoms with Crippen LogP contribution in [0.1, 0.15) is 43.2 Å². The highest BCUT2D eigenvalue weighted by atomic mass is 79.9. The van der Waals surface area contributed by atoms with Gasteiger partial charge in [0.05, 0.1) is 0 Å². The summed E-state index contributed by atoms with van der Waals surface area (Å²) in [7, 11) is 0. The molecule has 0 radical (unpaired) electrons. The van der Waals surface area contributed by atoms with Crippen molar-refractivity contribution >= 4 is 15.9 Å². The van der Waals surface area contributed by atoms with Gasteiger partial charge in [0.15, 0.2) is 0 Å². The summed E-state index contributed by atoms with van der Waals surface area (Å²) in [6.07, 6.45) is 7.07. The third-order valence-corrected chi connectivity index (χ3v) is 5.37. The normalized spacial score (nSPS) is 16.4. The molecule has 1 aliphatic carbocycles. The number of ether oxygens (including phenoxy) is 1. The molecule has 0 amide bonds. The van der Waals surface area contributed by atoms with E-state index in [9.17, 15) is 0 Å². The Hall–Kier alpha value is -0.540. The Balaban J connectivity index is 1.65. The summed E-state index contributed by atoms with van der Waals surface area (Å²) in [5, 5.41) is 3.53. The van der Waals surface area contributed by atoms with Crippen LogP contribution in [0.5, 0.6) is 5.75 Å². The Labute approximate surface area is 131 Å². The first-order chi connectivity index (χ1) is 9.66. The molecule has 20 heavy (non-hydrogen) atoms. The van der Waals surface area contributed by atoms with Gasteiger partial charge in [-0.15, -0.1) is 0 Å². The van der Waals surface area contributed by atoms with Gasteiger partial charge in [-0.2, -0.15) is 0 Å². The first-order valence-corrected chi connectivity index (χ1v) is 8.56. The van der Waals surface area contributed by atoms with Gasteiger partial charge in [-0.1, -0.05) is 35.2 Å². The lowest BCUT2D eigenvalue weighted by Gasteiger charge is -2.21. The number of nitrogens with one attached hydrogen (secondary N) is 1. The van der Waals surface area contributed by atoms with E-state index < -0.39 is 0 Å². The maximum atomic E-state index is 5.83. The van der Waals surface area contributed by atoms with Gasteiger partial charge in [0, 0.05) is 11.0 Å². The molecule has 0 atom stereocenters. The van der Waals surface area contributed by atoms with Crippen molar-refractivity contribution in [3.8, 4) is 5.75 Å². The van der Waals surface area contributed by atoms with Gasteiger partial charge in [-0.25, -0.2) is 0 Å². The summed E-state index contributed by atoms with van der Waals surface area (Å²) in [6, 6.07) is 4.19. The van der Waals surface area contributed by atoms with Gasteiger partial charge in [0.2, 0.25) is 0 Å². The molecule has 0 saturated heterocycles. The van der Waals surface area contributed by atoms with Crippen LogP contribution in [0.15, 0.2) is 16.6 Å². The molecule has 2 nitrogen and oxygen atoms in total. The lowest BCUT2D eigenvalue weighted by molar-refractivity contribution is 0.294. The van der Waals surface area contributed by atoms with E-state index >= 15 is 0 Å². The molecule has 0 heterocycles. The van der Waals surface area contributed by atoms with Crippen LogP contribution in [0.4, 0.5) is 0 Å². The molecule has 0 aliphatic heterocycles. The smallest absolute Gasteiger partial charge is 0.119 e. The second-order valence-electron chi connectivity index (χ2n) is 5.93. The second kappa shape index (κ2) is 8.04. The van der Waals surface area contributed by atoms with Crippen LogP contribution < -0.4 is 10.1 Å². The molecule has 1 saturated carbocycles. The number of aryl methyl sites for hydroxylation is 2. The summed E-state index contributed by atoms with van der Waals surface area (Å²) in [5.41, 5.74) is 2.46. The highest BCUT2D eigenvalue weighted by Crippen LogP contribution is 2.26. The third kappa shape index (κ3) is 4.78. The lowest BCUT2D eigenvalue weighted by Crippen LogP contribution is -2.28. The minimum Gasteiger partial charge on any atom is -0.492 e. The number of hydrogen-bond acceptors (Lipinski definition) is 2.